The maximum absolute atomic E-state index is 10.0. The lowest BCUT2D eigenvalue weighted by Gasteiger charge is -2.16. The van der Waals surface area contributed by atoms with E-state index in [0.29, 0.717) is 12.8 Å². The Kier molecular flexibility index (Phi) is 9.36. The maximum atomic E-state index is 10.0. The van der Waals surface area contributed by atoms with Crippen LogP contribution in [0.25, 0.3) is 0 Å². The Morgan fingerprint density at radius 1 is 1.35 bits per heavy atom. The molecule has 0 aliphatic carbocycles. The molecular weight excluding hydrogens is 226 g/mol. The number of nitrogens with two attached hydrogens (primary N) is 1. The average Bonchev–Trinajstić information content (AvgIpc) is 1.97. The van der Waals surface area contributed by atoms with E-state index in [1.54, 1.807) is 27.7 Å². The molecule has 0 spiro atoms. The van der Waals surface area contributed by atoms with Crippen molar-refractivity contribution in [3.05, 3.63) is 0 Å². The monoisotopic (exact) mass is 249 g/mol. The first-order valence-electron chi connectivity index (χ1n) is 5.43. The summed E-state index contributed by atoms with van der Waals surface area (Å²) in [6.07, 6.45) is 0.200. The molecule has 0 heterocycles. The number of hydrogen-bond donors (Lipinski definition) is 3. The van der Waals surface area contributed by atoms with Crippen LogP contribution in [-0.2, 0) is 9.53 Å². The van der Waals surface area contributed by atoms with Crippen molar-refractivity contribution >= 4 is 12.1 Å². The number of carbonyl (C=O) groups is 2. The Morgan fingerprint density at radius 3 is 2.00 bits per heavy atom. The molecule has 0 rings (SSSR count). The van der Waals surface area contributed by atoms with E-state index in [9.17, 15) is 9.59 Å². The smallest absolute Gasteiger partial charge is 0.405 e. The fourth-order valence-electron chi connectivity index (χ4n) is 0.850. The van der Waals surface area contributed by atoms with Crippen LogP contribution in [0.5, 0.6) is 0 Å². The lowest BCUT2D eigenvalue weighted by Crippen LogP contribution is -2.27. The lowest BCUT2D eigenvalue weighted by molar-refractivity contribution is -0.137. The van der Waals surface area contributed by atoms with Crippen LogP contribution in [0, 0.1) is 0 Å². The highest BCUT2D eigenvalue weighted by molar-refractivity contribution is 5.66. The van der Waals surface area contributed by atoms with Crippen molar-refractivity contribution in [2.24, 2.45) is 5.73 Å². The molecule has 0 bridgehead atoms. The van der Waals surface area contributed by atoms with Crippen molar-refractivity contribution in [2.75, 3.05) is 0 Å². The molecule has 0 aromatic rings. The number of aliphatic hydroxyl groups is 1. The summed E-state index contributed by atoms with van der Waals surface area (Å²) in [6.45, 7) is 6.94. The van der Waals surface area contributed by atoms with E-state index in [-0.39, 0.29) is 12.5 Å². The van der Waals surface area contributed by atoms with E-state index in [0.717, 1.165) is 0 Å². The first-order chi connectivity index (χ1) is 7.54. The van der Waals surface area contributed by atoms with Crippen molar-refractivity contribution in [1.82, 2.24) is 0 Å². The van der Waals surface area contributed by atoms with Crippen LogP contribution in [0.2, 0.25) is 0 Å². The molecule has 0 aliphatic rings. The third kappa shape index (κ3) is 25.2. The van der Waals surface area contributed by atoms with Gasteiger partial charge in [-0.2, -0.15) is 0 Å². The van der Waals surface area contributed by atoms with Gasteiger partial charge in [0.05, 0.1) is 6.10 Å². The van der Waals surface area contributed by atoms with Gasteiger partial charge in [0.1, 0.15) is 5.60 Å². The van der Waals surface area contributed by atoms with E-state index < -0.39 is 17.7 Å². The summed E-state index contributed by atoms with van der Waals surface area (Å²) in [5, 5.41) is 16.8. The fourth-order valence-corrected chi connectivity index (χ4v) is 0.850. The SMILES string of the molecule is CC(C)(C)OC(N)=O.CC(O)CCCC(=O)O. The van der Waals surface area contributed by atoms with E-state index >= 15 is 0 Å². The van der Waals surface area contributed by atoms with Crippen LogP contribution in [0.15, 0.2) is 0 Å². The summed E-state index contributed by atoms with van der Waals surface area (Å²) in [4.78, 5) is 19.9. The van der Waals surface area contributed by atoms with Gasteiger partial charge in [0.25, 0.3) is 0 Å². The quantitative estimate of drug-likeness (QED) is 0.699. The molecule has 0 radical (unpaired) electrons. The normalized spacial score (nSPS) is 12.1. The molecule has 1 unspecified atom stereocenters. The molecule has 0 saturated carbocycles. The highest BCUT2D eigenvalue weighted by Crippen LogP contribution is 2.04. The number of carboxylic acids is 1. The number of hydrogen-bond acceptors (Lipinski definition) is 4. The van der Waals surface area contributed by atoms with Crippen LogP contribution >= 0.6 is 0 Å². The number of rotatable bonds is 4. The lowest BCUT2D eigenvalue weighted by atomic mass is 10.2. The summed E-state index contributed by atoms with van der Waals surface area (Å²) in [6, 6.07) is 0. The number of carbonyl (C=O) groups excluding carboxylic acids is 1. The largest absolute Gasteiger partial charge is 0.481 e. The predicted octanol–water partition coefficient (Wildman–Crippen LogP) is 1.50. The van der Waals surface area contributed by atoms with Gasteiger partial charge < -0.3 is 20.7 Å². The molecule has 1 atom stereocenters. The highest BCUT2D eigenvalue weighted by Gasteiger charge is 2.12. The molecule has 0 aliphatic heterocycles. The topological polar surface area (TPSA) is 110 Å². The van der Waals surface area contributed by atoms with Crippen molar-refractivity contribution in [1.29, 1.82) is 0 Å². The minimum absolute atomic E-state index is 0.158. The summed E-state index contributed by atoms with van der Waals surface area (Å²) < 4.78 is 4.58. The van der Waals surface area contributed by atoms with E-state index in [4.69, 9.17) is 15.9 Å². The predicted molar refractivity (Wildman–Crippen MR) is 63.6 cm³/mol. The molecule has 0 fully saturated rings. The van der Waals surface area contributed by atoms with Crippen LogP contribution in [0.3, 0.4) is 0 Å². The second kappa shape index (κ2) is 8.81. The minimum Gasteiger partial charge on any atom is -0.481 e. The maximum Gasteiger partial charge on any atom is 0.405 e. The van der Waals surface area contributed by atoms with Gasteiger partial charge in [0.15, 0.2) is 0 Å². The van der Waals surface area contributed by atoms with E-state index in [1.807, 2.05) is 0 Å². The zero-order chi connectivity index (χ0) is 14.1. The van der Waals surface area contributed by atoms with Gasteiger partial charge >= 0.3 is 12.1 Å². The van der Waals surface area contributed by atoms with Gasteiger partial charge in [-0.15, -0.1) is 0 Å². The molecule has 4 N–H and O–H groups in total. The van der Waals surface area contributed by atoms with Crippen molar-refractivity contribution < 1.29 is 24.5 Å². The van der Waals surface area contributed by atoms with Gasteiger partial charge in [0.2, 0.25) is 0 Å². The standard InChI is InChI=1S/C6H12O3.C5H11NO2/c1-5(7)3-2-4-6(8)9;1-5(2,3)8-4(6)7/h5,7H,2-4H2,1H3,(H,8,9);1-3H3,(H2,6,7). The second-order valence-corrected chi connectivity index (χ2v) is 4.67. The Hall–Kier alpha value is -1.30. The zero-order valence-corrected chi connectivity index (χ0v) is 10.9. The summed E-state index contributed by atoms with van der Waals surface area (Å²) in [7, 11) is 0. The highest BCUT2D eigenvalue weighted by atomic mass is 16.6. The summed E-state index contributed by atoms with van der Waals surface area (Å²) in [5.41, 5.74) is 4.26. The molecular formula is C11H23NO5. The van der Waals surface area contributed by atoms with Gasteiger partial charge in [-0.05, 0) is 40.5 Å². The number of primary amides is 1. The Morgan fingerprint density at radius 2 is 1.82 bits per heavy atom. The molecule has 0 saturated heterocycles. The molecule has 6 nitrogen and oxygen atoms in total. The Labute approximate surface area is 102 Å². The van der Waals surface area contributed by atoms with E-state index in [1.165, 1.54) is 0 Å². The molecule has 102 valence electrons. The van der Waals surface area contributed by atoms with Gasteiger partial charge in [-0.1, -0.05) is 0 Å². The number of aliphatic hydroxyl groups excluding tert-OH is 1. The molecule has 6 heteroatoms. The molecule has 0 aromatic carbocycles. The van der Waals surface area contributed by atoms with Crippen molar-refractivity contribution in [3.63, 3.8) is 0 Å². The second-order valence-electron chi connectivity index (χ2n) is 4.67. The fraction of sp³-hybridized carbons (Fsp3) is 0.818. The Bertz CT molecular complexity index is 233. The summed E-state index contributed by atoms with van der Waals surface area (Å²) in [5.74, 6) is -0.796. The molecule has 1 amide bonds. The van der Waals surface area contributed by atoms with Gasteiger partial charge in [-0.25, -0.2) is 4.79 Å². The van der Waals surface area contributed by atoms with Crippen molar-refractivity contribution in [2.45, 2.75) is 58.7 Å². The van der Waals surface area contributed by atoms with Crippen LogP contribution in [-0.4, -0.2) is 34.0 Å². The van der Waals surface area contributed by atoms with Gasteiger partial charge in [0, 0.05) is 6.42 Å². The van der Waals surface area contributed by atoms with E-state index in [2.05, 4.69) is 4.74 Å². The van der Waals surface area contributed by atoms with Crippen molar-refractivity contribution in [3.8, 4) is 0 Å². The molecule has 17 heavy (non-hydrogen) atoms. The molecule has 0 aromatic heterocycles. The number of amides is 1. The zero-order valence-electron chi connectivity index (χ0n) is 10.9. The Balaban J connectivity index is 0. The number of aliphatic carboxylic acids is 1. The third-order valence-corrected chi connectivity index (χ3v) is 1.42. The third-order valence-electron chi connectivity index (χ3n) is 1.42. The number of ether oxygens (including phenoxy) is 1. The van der Waals surface area contributed by atoms with Crippen LogP contribution in [0.4, 0.5) is 4.79 Å². The average molecular weight is 249 g/mol. The first-order valence-corrected chi connectivity index (χ1v) is 5.43. The van der Waals surface area contributed by atoms with Gasteiger partial charge in [-0.3, -0.25) is 4.79 Å². The first kappa shape index (κ1) is 18.1. The van der Waals surface area contributed by atoms with Crippen LogP contribution < -0.4 is 5.73 Å². The minimum atomic E-state index is -0.796. The number of carboxylic acid groups (broad SMARTS) is 1. The summed E-state index contributed by atoms with van der Waals surface area (Å²) >= 11 is 0. The van der Waals surface area contributed by atoms with Crippen LogP contribution in [0.1, 0.15) is 47.0 Å².